The van der Waals surface area contributed by atoms with Crippen molar-refractivity contribution in [2.75, 3.05) is 20.3 Å². The molecule has 82 valence electrons. The summed E-state index contributed by atoms with van der Waals surface area (Å²) < 4.78 is 9.44. The normalized spacial score (nSPS) is 11.2. The zero-order valence-electron chi connectivity index (χ0n) is 8.65. The molecule has 0 heterocycles. The van der Waals surface area contributed by atoms with Crippen LogP contribution < -0.4 is 0 Å². The summed E-state index contributed by atoms with van der Waals surface area (Å²) in [6.07, 6.45) is 1.84. The molecule has 0 saturated heterocycles. The minimum absolute atomic E-state index is 0.0346. The van der Waals surface area contributed by atoms with E-state index in [2.05, 4.69) is 9.73 Å². The van der Waals surface area contributed by atoms with Gasteiger partial charge in [-0.2, -0.15) is 0 Å². The van der Waals surface area contributed by atoms with E-state index in [0.717, 1.165) is 12.8 Å². The van der Waals surface area contributed by atoms with Gasteiger partial charge in [0.15, 0.2) is 5.90 Å². The molecule has 0 aliphatic heterocycles. The first-order valence-electron chi connectivity index (χ1n) is 4.63. The lowest BCUT2D eigenvalue weighted by molar-refractivity contribution is 0.127. The van der Waals surface area contributed by atoms with Crippen LogP contribution in [0.15, 0.2) is 4.99 Å². The number of nitrogens with zero attached hydrogens (tertiary/aromatic N) is 1. The van der Waals surface area contributed by atoms with Crippen molar-refractivity contribution >= 4 is 12.0 Å². The van der Waals surface area contributed by atoms with E-state index in [9.17, 15) is 4.79 Å². The van der Waals surface area contributed by atoms with Crippen LogP contribution >= 0.6 is 0 Å². The summed E-state index contributed by atoms with van der Waals surface area (Å²) in [6.45, 7) is 1.81. The van der Waals surface area contributed by atoms with Crippen LogP contribution in [-0.2, 0) is 9.47 Å². The standard InChI is InChI=1S/C9H17NO4/c1-3-4-5-8(13-2)10-9(12)14-7-6-11/h11H,3-7H2,1-2H3. The van der Waals surface area contributed by atoms with Crippen molar-refractivity contribution in [1.82, 2.24) is 0 Å². The van der Waals surface area contributed by atoms with Gasteiger partial charge in [-0.25, -0.2) is 4.79 Å². The number of aliphatic imine (C=N–C) groups is 1. The average Bonchev–Trinajstić information content (AvgIpc) is 2.21. The molecule has 1 N–H and O–H groups in total. The molecular weight excluding hydrogens is 186 g/mol. The molecule has 0 aromatic rings. The van der Waals surface area contributed by atoms with E-state index in [0.29, 0.717) is 12.3 Å². The maximum absolute atomic E-state index is 10.9. The molecule has 1 amide bonds. The van der Waals surface area contributed by atoms with Crippen molar-refractivity contribution in [1.29, 1.82) is 0 Å². The van der Waals surface area contributed by atoms with Crippen LogP contribution in [-0.4, -0.2) is 37.4 Å². The van der Waals surface area contributed by atoms with Crippen LogP contribution in [0.5, 0.6) is 0 Å². The summed E-state index contributed by atoms with van der Waals surface area (Å²) in [7, 11) is 1.47. The zero-order valence-corrected chi connectivity index (χ0v) is 8.65. The Morgan fingerprint density at radius 3 is 2.71 bits per heavy atom. The third kappa shape index (κ3) is 6.42. The quantitative estimate of drug-likeness (QED) is 0.541. The van der Waals surface area contributed by atoms with E-state index < -0.39 is 6.09 Å². The van der Waals surface area contributed by atoms with Crippen molar-refractivity contribution in [3.63, 3.8) is 0 Å². The van der Waals surface area contributed by atoms with Crippen LogP contribution in [0.2, 0.25) is 0 Å². The van der Waals surface area contributed by atoms with Crippen molar-refractivity contribution in [2.24, 2.45) is 4.99 Å². The van der Waals surface area contributed by atoms with Gasteiger partial charge in [0.05, 0.1) is 13.7 Å². The first-order valence-corrected chi connectivity index (χ1v) is 4.63. The van der Waals surface area contributed by atoms with E-state index in [4.69, 9.17) is 9.84 Å². The summed E-state index contributed by atoms with van der Waals surface area (Å²) in [6, 6.07) is 0. The van der Waals surface area contributed by atoms with Gasteiger partial charge in [-0.15, -0.1) is 4.99 Å². The zero-order chi connectivity index (χ0) is 10.8. The lowest BCUT2D eigenvalue weighted by Gasteiger charge is -2.03. The molecular formula is C9H17NO4. The van der Waals surface area contributed by atoms with Crippen LogP contribution in [0.25, 0.3) is 0 Å². The number of ether oxygens (including phenoxy) is 2. The number of methoxy groups -OCH3 is 1. The summed E-state index contributed by atoms with van der Waals surface area (Å²) in [5, 5.41) is 8.39. The van der Waals surface area contributed by atoms with E-state index in [1.807, 2.05) is 6.92 Å². The monoisotopic (exact) mass is 203 g/mol. The lowest BCUT2D eigenvalue weighted by atomic mass is 10.2. The van der Waals surface area contributed by atoms with Gasteiger partial charge in [0.25, 0.3) is 0 Å². The Balaban J connectivity index is 3.93. The van der Waals surface area contributed by atoms with Gasteiger partial charge < -0.3 is 14.6 Å². The number of carbonyl (C=O) groups excluding carboxylic acids is 1. The largest absolute Gasteiger partial charge is 0.484 e. The summed E-state index contributed by atoms with van der Waals surface area (Å²) in [4.78, 5) is 14.5. The van der Waals surface area contributed by atoms with E-state index in [-0.39, 0.29) is 13.2 Å². The number of unbranched alkanes of at least 4 members (excludes halogenated alkanes) is 1. The molecule has 0 fully saturated rings. The molecule has 0 spiro atoms. The van der Waals surface area contributed by atoms with Crippen molar-refractivity contribution in [3.8, 4) is 0 Å². The summed E-state index contributed by atoms with van der Waals surface area (Å²) in [5.41, 5.74) is 0. The van der Waals surface area contributed by atoms with Crippen LogP contribution in [0.4, 0.5) is 4.79 Å². The number of aliphatic hydroxyl groups excluding tert-OH is 1. The number of amides is 1. The third-order valence-electron chi connectivity index (χ3n) is 1.51. The van der Waals surface area contributed by atoms with Crippen LogP contribution in [0, 0.1) is 0 Å². The molecule has 0 aliphatic rings. The van der Waals surface area contributed by atoms with Gasteiger partial charge in [0, 0.05) is 6.42 Å². The number of carbonyl (C=O) groups is 1. The predicted octanol–water partition coefficient (Wildman–Crippen LogP) is 1.35. The van der Waals surface area contributed by atoms with Gasteiger partial charge >= 0.3 is 6.09 Å². The van der Waals surface area contributed by atoms with E-state index >= 15 is 0 Å². The Morgan fingerprint density at radius 1 is 1.50 bits per heavy atom. The molecule has 0 aliphatic carbocycles. The number of hydrogen-bond acceptors (Lipinski definition) is 4. The van der Waals surface area contributed by atoms with E-state index in [1.165, 1.54) is 7.11 Å². The molecule has 0 aromatic carbocycles. The van der Waals surface area contributed by atoms with Crippen molar-refractivity contribution < 1.29 is 19.4 Å². The highest BCUT2D eigenvalue weighted by molar-refractivity contribution is 5.87. The maximum Gasteiger partial charge on any atom is 0.436 e. The summed E-state index contributed by atoms with van der Waals surface area (Å²) in [5.74, 6) is 0.370. The molecule has 0 rings (SSSR count). The van der Waals surface area contributed by atoms with Crippen molar-refractivity contribution in [2.45, 2.75) is 26.2 Å². The second-order valence-corrected chi connectivity index (χ2v) is 2.65. The molecule has 0 atom stereocenters. The highest BCUT2D eigenvalue weighted by Crippen LogP contribution is 1.99. The summed E-state index contributed by atoms with van der Waals surface area (Å²) >= 11 is 0. The van der Waals surface area contributed by atoms with Crippen LogP contribution in [0.3, 0.4) is 0 Å². The number of hydrogen-bond donors (Lipinski definition) is 1. The Kier molecular flexibility index (Phi) is 7.83. The molecule has 14 heavy (non-hydrogen) atoms. The Morgan fingerprint density at radius 2 is 2.21 bits per heavy atom. The highest BCUT2D eigenvalue weighted by Gasteiger charge is 2.03. The molecule has 0 aromatic heterocycles. The maximum atomic E-state index is 10.9. The topological polar surface area (TPSA) is 68.1 Å². The number of rotatable bonds is 5. The van der Waals surface area contributed by atoms with E-state index in [1.54, 1.807) is 0 Å². The Bertz CT molecular complexity index is 191. The molecule has 5 nitrogen and oxygen atoms in total. The van der Waals surface area contributed by atoms with Gasteiger partial charge in [-0.3, -0.25) is 0 Å². The number of aliphatic hydroxyl groups is 1. The highest BCUT2D eigenvalue weighted by atomic mass is 16.6. The third-order valence-corrected chi connectivity index (χ3v) is 1.51. The van der Waals surface area contributed by atoms with Crippen molar-refractivity contribution in [3.05, 3.63) is 0 Å². The Hall–Kier alpha value is -1.10. The molecule has 0 saturated carbocycles. The molecule has 0 bridgehead atoms. The second-order valence-electron chi connectivity index (χ2n) is 2.65. The average molecular weight is 203 g/mol. The molecule has 0 radical (unpaired) electrons. The second kappa shape index (κ2) is 8.50. The minimum Gasteiger partial charge on any atom is -0.484 e. The molecule has 0 unspecified atom stereocenters. The molecule has 5 heteroatoms. The lowest BCUT2D eigenvalue weighted by Crippen LogP contribution is -2.09. The van der Waals surface area contributed by atoms with Gasteiger partial charge in [0.2, 0.25) is 0 Å². The fourth-order valence-electron chi connectivity index (χ4n) is 0.799. The van der Waals surface area contributed by atoms with Gasteiger partial charge in [-0.05, 0) is 6.42 Å². The minimum atomic E-state index is -0.716. The first kappa shape index (κ1) is 12.9. The smallest absolute Gasteiger partial charge is 0.436 e. The van der Waals surface area contributed by atoms with Gasteiger partial charge in [-0.1, -0.05) is 13.3 Å². The fourth-order valence-corrected chi connectivity index (χ4v) is 0.799. The SMILES string of the molecule is CCCCC(=NC(=O)OCCO)OC. The van der Waals surface area contributed by atoms with Crippen LogP contribution in [0.1, 0.15) is 26.2 Å². The van der Waals surface area contributed by atoms with Gasteiger partial charge in [0.1, 0.15) is 6.61 Å². The first-order chi connectivity index (χ1) is 6.74. The predicted molar refractivity (Wildman–Crippen MR) is 52.4 cm³/mol. The fraction of sp³-hybridized carbons (Fsp3) is 0.778. The Labute approximate surface area is 83.7 Å².